The van der Waals surface area contributed by atoms with Gasteiger partial charge in [0.25, 0.3) is 5.69 Å². The van der Waals surface area contributed by atoms with E-state index in [0.29, 0.717) is 10.0 Å². The van der Waals surface area contributed by atoms with E-state index in [1.54, 1.807) is 6.07 Å². The molecule has 0 N–H and O–H groups in total. The van der Waals surface area contributed by atoms with E-state index in [2.05, 4.69) is 31.9 Å². The molecule has 2 aromatic carbocycles. The highest BCUT2D eigenvalue weighted by molar-refractivity contribution is 9.10. The fourth-order valence-electron chi connectivity index (χ4n) is 1.77. The van der Waals surface area contributed by atoms with Crippen molar-refractivity contribution in [2.24, 2.45) is 0 Å². The summed E-state index contributed by atoms with van der Waals surface area (Å²) in [5.74, 6) is -0.160. The predicted octanol–water partition coefficient (Wildman–Crippen LogP) is 4.55. The maximum Gasteiger partial charge on any atom is 0.271 e. The fourth-order valence-corrected chi connectivity index (χ4v) is 2.70. The third-order valence-electron chi connectivity index (χ3n) is 2.67. The Labute approximate surface area is 132 Å². The number of Topliss-reactive ketones (excluding diaryl/α,β-unsaturated/α-hetero) is 1. The molecule has 0 spiro atoms. The topological polar surface area (TPSA) is 60.2 Å². The molecule has 4 nitrogen and oxygen atoms in total. The Balaban J connectivity index is 2.27. The summed E-state index contributed by atoms with van der Waals surface area (Å²) in [5.41, 5.74) is 1.08. The number of carbonyl (C=O) groups excluding carboxylic acids is 1. The molecule has 0 aliphatic carbocycles. The van der Waals surface area contributed by atoms with Gasteiger partial charge >= 0.3 is 0 Å². The van der Waals surface area contributed by atoms with E-state index in [4.69, 9.17) is 0 Å². The van der Waals surface area contributed by atoms with Gasteiger partial charge in [0, 0.05) is 33.1 Å². The Morgan fingerprint density at radius 1 is 1.10 bits per heavy atom. The first-order valence-electron chi connectivity index (χ1n) is 5.68. The van der Waals surface area contributed by atoms with Gasteiger partial charge in [0.15, 0.2) is 5.78 Å². The van der Waals surface area contributed by atoms with Crippen LogP contribution in [0.2, 0.25) is 0 Å². The SMILES string of the molecule is O=C(Cc1cccc(Br)c1)c1cc(Br)cc([N+](=O)[O-])c1. The summed E-state index contributed by atoms with van der Waals surface area (Å²) in [6, 6.07) is 11.7. The number of halogens is 2. The molecule has 0 heterocycles. The Morgan fingerprint density at radius 2 is 1.85 bits per heavy atom. The van der Waals surface area contributed by atoms with E-state index in [0.717, 1.165) is 10.0 Å². The first-order chi connectivity index (χ1) is 9.45. The van der Waals surface area contributed by atoms with Crippen LogP contribution >= 0.6 is 31.9 Å². The summed E-state index contributed by atoms with van der Waals surface area (Å²) in [4.78, 5) is 22.5. The Morgan fingerprint density at radius 3 is 2.50 bits per heavy atom. The number of rotatable bonds is 4. The molecule has 20 heavy (non-hydrogen) atoms. The number of hydrogen-bond donors (Lipinski definition) is 0. The smallest absolute Gasteiger partial charge is 0.271 e. The third kappa shape index (κ3) is 3.74. The van der Waals surface area contributed by atoms with Gasteiger partial charge in [-0.1, -0.05) is 44.0 Å². The molecule has 0 unspecified atom stereocenters. The van der Waals surface area contributed by atoms with Crippen LogP contribution in [0.15, 0.2) is 51.4 Å². The Kier molecular flexibility index (Phi) is 4.67. The van der Waals surface area contributed by atoms with E-state index < -0.39 is 4.92 Å². The van der Waals surface area contributed by atoms with Gasteiger partial charge in [-0.05, 0) is 23.8 Å². The molecule has 0 aromatic heterocycles. The van der Waals surface area contributed by atoms with Gasteiger partial charge in [-0.15, -0.1) is 0 Å². The van der Waals surface area contributed by atoms with Crippen LogP contribution in [-0.4, -0.2) is 10.7 Å². The van der Waals surface area contributed by atoms with E-state index in [1.807, 2.05) is 24.3 Å². The molecule has 0 bridgehead atoms. The molecule has 0 saturated carbocycles. The van der Waals surface area contributed by atoms with Gasteiger partial charge in [0.2, 0.25) is 0 Å². The first-order valence-corrected chi connectivity index (χ1v) is 7.27. The summed E-state index contributed by atoms with van der Waals surface area (Å²) in [5, 5.41) is 10.8. The largest absolute Gasteiger partial charge is 0.294 e. The Bertz CT molecular complexity index is 686. The van der Waals surface area contributed by atoms with Crippen LogP contribution in [-0.2, 0) is 6.42 Å². The molecule has 0 saturated heterocycles. The van der Waals surface area contributed by atoms with Gasteiger partial charge in [-0.3, -0.25) is 14.9 Å². The molecular weight excluding hydrogens is 390 g/mol. The lowest BCUT2D eigenvalue weighted by molar-refractivity contribution is -0.385. The number of nitro groups is 1. The van der Waals surface area contributed by atoms with E-state index in [9.17, 15) is 14.9 Å². The second-order valence-electron chi connectivity index (χ2n) is 4.19. The van der Waals surface area contributed by atoms with Crippen molar-refractivity contribution in [2.75, 3.05) is 0 Å². The number of non-ortho nitro benzene ring substituents is 1. The number of ketones is 1. The zero-order valence-electron chi connectivity index (χ0n) is 10.2. The van der Waals surface area contributed by atoms with Gasteiger partial charge in [0.05, 0.1) is 4.92 Å². The van der Waals surface area contributed by atoms with Crippen LogP contribution in [0.25, 0.3) is 0 Å². The normalized spacial score (nSPS) is 10.3. The second-order valence-corrected chi connectivity index (χ2v) is 6.02. The van der Waals surface area contributed by atoms with Gasteiger partial charge in [-0.2, -0.15) is 0 Å². The van der Waals surface area contributed by atoms with Crippen LogP contribution in [0.5, 0.6) is 0 Å². The van der Waals surface area contributed by atoms with Crippen LogP contribution in [0.4, 0.5) is 5.69 Å². The number of hydrogen-bond acceptors (Lipinski definition) is 3. The molecule has 0 aliphatic heterocycles. The fraction of sp³-hybridized carbons (Fsp3) is 0.0714. The number of nitrogens with zero attached hydrogens (tertiary/aromatic N) is 1. The molecule has 0 aliphatic rings. The van der Waals surface area contributed by atoms with Crippen LogP contribution in [0.1, 0.15) is 15.9 Å². The molecule has 6 heteroatoms. The minimum Gasteiger partial charge on any atom is -0.294 e. The molecule has 0 fully saturated rings. The van der Waals surface area contributed by atoms with Crippen molar-refractivity contribution in [1.29, 1.82) is 0 Å². The highest BCUT2D eigenvalue weighted by Crippen LogP contribution is 2.23. The summed E-state index contributed by atoms with van der Waals surface area (Å²) in [6.45, 7) is 0. The maximum atomic E-state index is 12.2. The quantitative estimate of drug-likeness (QED) is 0.431. The lowest BCUT2D eigenvalue weighted by atomic mass is 10.0. The molecule has 2 rings (SSSR count). The monoisotopic (exact) mass is 397 g/mol. The molecule has 0 radical (unpaired) electrons. The van der Waals surface area contributed by atoms with Crippen molar-refractivity contribution in [3.8, 4) is 0 Å². The summed E-state index contributed by atoms with van der Waals surface area (Å²) >= 11 is 6.52. The van der Waals surface area contributed by atoms with Crippen LogP contribution < -0.4 is 0 Å². The second kappa shape index (κ2) is 6.28. The van der Waals surface area contributed by atoms with Gasteiger partial charge < -0.3 is 0 Å². The summed E-state index contributed by atoms with van der Waals surface area (Å²) in [7, 11) is 0. The van der Waals surface area contributed by atoms with E-state index in [-0.39, 0.29) is 17.9 Å². The van der Waals surface area contributed by atoms with Gasteiger partial charge in [0.1, 0.15) is 0 Å². The molecule has 0 atom stereocenters. The lowest BCUT2D eigenvalue weighted by Gasteiger charge is -2.03. The third-order valence-corrected chi connectivity index (χ3v) is 3.62. The van der Waals surface area contributed by atoms with Gasteiger partial charge in [-0.25, -0.2) is 0 Å². The molecular formula is C14H9Br2NO3. The van der Waals surface area contributed by atoms with Crippen molar-refractivity contribution in [2.45, 2.75) is 6.42 Å². The molecule has 2 aromatic rings. The minimum absolute atomic E-state index is 0.100. The van der Waals surface area contributed by atoms with Crippen molar-refractivity contribution >= 4 is 43.3 Å². The highest BCUT2D eigenvalue weighted by atomic mass is 79.9. The zero-order chi connectivity index (χ0) is 14.7. The number of nitro benzene ring substituents is 1. The van der Waals surface area contributed by atoms with Crippen molar-refractivity contribution in [1.82, 2.24) is 0 Å². The van der Waals surface area contributed by atoms with E-state index >= 15 is 0 Å². The van der Waals surface area contributed by atoms with Crippen molar-refractivity contribution in [3.05, 3.63) is 72.7 Å². The minimum atomic E-state index is -0.513. The summed E-state index contributed by atoms with van der Waals surface area (Å²) < 4.78 is 1.41. The molecule has 102 valence electrons. The number of carbonyl (C=O) groups is 1. The standard InChI is InChI=1S/C14H9Br2NO3/c15-11-3-1-2-9(4-11)5-14(18)10-6-12(16)8-13(7-10)17(19)20/h1-4,6-8H,5H2. The maximum absolute atomic E-state index is 12.2. The Hall–Kier alpha value is -1.53. The zero-order valence-corrected chi connectivity index (χ0v) is 13.3. The van der Waals surface area contributed by atoms with Crippen molar-refractivity contribution < 1.29 is 9.72 Å². The summed E-state index contributed by atoms with van der Waals surface area (Å²) in [6.07, 6.45) is 0.201. The average molecular weight is 399 g/mol. The van der Waals surface area contributed by atoms with Crippen LogP contribution in [0, 0.1) is 10.1 Å². The molecule has 0 amide bonds. The highest BCUT2D eigenvalue weighted by Gasteiger charge is 2.14. The van der Waals surface area contributed by atoms with E-state index in [1.165, 1.54) is 12.1 Å². The average Bonchev–Trinajstić information content (AvgIpc) is 2.37. The van der Waals surface area contributed by atoms with Crippen LogP contribution in [0.3, 0.4) is 0 Å². The first kappa shape index (κ1) is 14.9. The number of benzene rings is 2. The van der Waals surface area contributed by atoms with Crippen molar-refractivity contribution in [3.63, 3.8) is 0 Å². The lowest BCUT2D eigenvalue weighted by Crippen LogP contribution is -2.04. The predicted molar refractivity (Wildman–Crippen MR) is 83.0 cm³/mol.